The van der Waals surface area contributed by atoms with E-state index in [1.807, 2.05) is 0 Å². The van der Waals surface area contributed by atoms with Crippen molar-refractivity contribution in [3.8, 4) is 11.5 Å². The lowest BCUT2D eigenvalue weighted by Gasteiger charge is -2.26. The first-order valence-electron chi connectivity index (χ1n) is 6.89. The molecule has 0 spiro atoms. The lowest BCUT2D eigenvalue weighted by molar-refractivity contribution is 0.0757. The normalized spacial score (nSPS) is 21.4. The van der Waals surface area contributed by atoms with Crippen LogP contribution in [0.4, 0.5) is 0 Å². The lowest BCUT2D eigenvalue weighted by Crippen LogP contribution is -2.44. The first kappa shape index (κ1) is 13.5. The van der Waals surface area contributed by atoms with Crippen molar-refractivity contribution in [3.63, 3.8) is 0 Å². The van der Waals surface area contributed by atoms with Gasteiger partial charge in [0.15, 0.2) is 17.3 Å². The fourth-order valence-corrected chi connectivity index (χ4v) is 2.78. The number of hydrogen-bond donors (Lipinski definition) is 2. The van der Waals surface area contributed by atoms with Gasteiger partial charge in [-0.15, -0.1) is 0 Å². The van der Waals surface area contributed by atoms with Crippen molar-refractivity contribution in [2.24, 2.45) is 10.9 Å². The number of fused-ring (bicyclic) bond motifs is 1. The molecule has 7 heteroatoms. The molecule has 1 unspecified atom stereocenters. The second-order valence-corrected chi connectivity index (χ2v) is 5.01. The number of oxime groups is 1. The molecule has 1 aromatic carbocycles. The van der Waals surface area contributed by atoms with Gasteiger partial charge in [-0.05, 0) is 25.0 Å². The Morgan fingerprint density at radius 3 is 3.00 bits per heavy atom. The van der Waals surface area contributed by atoms with Gasteiger partial charge in [0, 0.05) is 6.54 Å². The van der Waals surface area contributed by atoms with Gasteiger partial charge in [-0.2, -0.15) is 0 Å². The maximum Gasteiger partial charge on any atom is 0.258 e. The number of ether oxygens (including phenoxy) is 2. The number of nitrogens with zero attached hydrogens (tertiary/aromatic N) is 2. The molecular formula is C14H17N3O4. The highest BCUT2D eigenvalue weighted by Crippen LogP contribution is 2.35. The summed E-state index contributed by atoms with van der Waals surface area (Å²) in [5, 5.41) is 11.9. The molecule has 1 fully saturated rings. The Kier molecular flexibility index (Phi) is 3.55. The fourth-order valence-electron chi connectivity index (χ4n) is 2.78. The zero-order chi connectivity index (χ0) is 14.8. The Balaban J connectivity index is 1.92. The summed E-state index contributed by atoms with van der Waals surface area (Å²) in [6.45, 7) is 1.46. The molecule has 3 N–H and O–H groups in total. The molecule has 0 aliphatic carbocycles. The van der Waals surface area contributed by atoms with Crippen LogP contribution in [0.5, 0.6) is 11.5 Å². The largest absolute Gasteiger partial charge is 0.486 e. The summed E-state index contributed by atoms with van der Waals surface area (Å²) in [5.74, 6) is 0.916. The molecular weight excluding hydrogens is 274 g/mol. The van der Waals surface area contributed by atoms with Gasteiger partial charge in [-0.25, -0.2) is 0 Å². The van der Waals surface area contributed by atoms with Crippen LogP contribution in [-0.4, -0.2) is 47.7 Å². The van der Waals surface area contributed by atoms with Gasteiger partial charge < -0.3 is 25.3 Å². The lowest BCUT2D eigenvalue weighted by atomic mass is 10.1. The summed E-state index contributed by atoms with van der Waals surface area (Å²) >= 11 is 0. The van der Waals surface area contributed by atoms with Crippen molar-refractivity contribution in [1.82, 2.24) is 4.90 Å². The molecule has 1 aromatic rings. The number of carbonyl (C=O) groups excluding carboxylic acids is 1. The number of carbonyl (C=O) groups is 1. The van der Waals surface area contributed by atoms with Crippen molar-refractivity contribution in [2.45, 2.75) is 18.9 Å². The zero-order valence-corrected chi connectivity index (χ0v) is 11.5. The highest BCUT2D eigenvalue weighted by Gasteiger charge is 2.34. The Hall–Kier alpha value is -2.44. The second kappa shape index (κ2) is 5.51. The third-order valence-corrected chi connectivity index (χ3v) is 3.77. The molecule has 21 heavy (non-hydrogen) atoms. The average Bonchev–Trinajstić information content (AvgIpc) is 3.02. The van der Waals surface area contributed by atoms with E-state index in [4.69, 9.17) is 20.4 Å². The molecule has 0 aromatic heterocycles. The number of para-hydroxylation sites is 1. The summed E-state index contributed by atoms with van der Waals surface area (Å²) in [4.78, 5) is 14.4. The summed E-state index contributed by atoms with van der Waals surface area (Å²) in [6, 6.07) is 4.87. The highest BCUT2D eigenvalue weighted by atomic mass is 16.6. The van der Waals surface area contributed by atoms with Crippen molar-refractivity contribution in [3.05, 3.63) is 23.8 Å². The van der Waals surface area contributed by atoms with Gasteiger partial charge in [-0.1, -0.05) is 11.2 Å². The third-order valence-electron chi connectivity index (χ3n) is 3.77. The van der Waals surface area contributed by atoms with Gasteiger partial charge >= 0.3 is 0 Å². The second-order valence-electron chi connectivity index (χ2n) is 5.01. The number of benzene rings is 1. The summed E-state index contributed by atoms with van der Waals surface area (Å²) < 4.78 is 11.1. The minimum Gasteiger partial charge on any atom is -0.486 e. The van der Waals surface area contributed by atoms with Crippen LogP contribution in [0.25, 0.3) is 0 Å². The molecule has 1 atom stereocenters. The molecule has 7 nitrogen and oxygen atoms in total. The fraction of sp³-hybridized carbons (Fsp3) is 0.429. The number of likely N-dealkylation sites (tertiary alicyclic amines) is 1. The number of nitrogens with two attached hydrogens (primary N) is 1. The maximum atomic E-state index is 12.7. The van der Waals surface area contributed by atoms with E-state index in [0.717, 1.165) is 6.42 Å². The zero-order valence-electron chi connectivity index (χ0n) is 11.5. The SMILES string of the molecule is NC(=NO)C1CCCN1C(=O)c1cccc2c1OCCO2. The molecule has 2 aliphatic heterocycles. The molecule has 1 saturated heterocycles. The van der Waals surface area contributed by atoms with Crippen molar-refractivity contribution >= 4 is 11.7 Å². The van der Waals surface area contributed by atoms with E-state index in [0.29, 0.717) is 43.2 Å². The maximum absolute atomic E-state index is 12.7. The number of hydrogen-bond acceptors (Lipinski definition) is 5. The monoisotopic (exact) mass is 291 g/mol. The summed E-state index contributed by atoms with van der Waals surface area (Å²) in [5.41, 5.74) is 6.12. The molecule has 0 radical (unpaired) electrons. The predicted octanol–water partition coefficient (Wildman–Crippen LogP) is 0.809. The van der Waals surface area contributed by atoms with Crippen molar-refractivity contribution in [1.29, 1.82) is 0 Å². The summed E-state index contributed by atoms with van der Waals surface area (Å²) in [6.07, 6.45) is 1.51. The molecule has 2 aliphatic rings. The van der Waals surface area contributed by atoms with E-state index in [9.17, 15) is 4.79 Å². The topological polar surface area (TPSA) is 97.4 Å². The van der Waals surface area contributed by atoms with Crippen LogP contribution in [0.3, 0.4) is 0 Å². The van der Waals surface area contributed by atoms with Crippen LogP contribution < -0.4 is 15.2 Å². The number of amidine groups is 1. The quantitative estimate of drug-likeness (QED) is 0.364. The first-order chi connectivity index (χ1) is 10.2. The molecule has 1 amide bonds. The van der Waals surface area contributed by atoms with Crippen LogP contribution in [0, 0.1) is 0 Å². The van der Waals surface area contributed by atoms with Crippen LogP contribution in [0.2, 0.25) is 0 Å². The molecule has 112 valence electrons. The van der Waals surface area contributed by atoms with Crippen LogP contribution in [0.1, 0.15) is 23.2 Å². The molecule has 3 rings (SSSR count). The van der Waals surface area contributed by atoms with Crippen molar-refractivity contribution < 1.29 is 19.5 Å². The smallest absolute Gasteiger partial charge is 0.258 e. The van der Waals surface area contributed by atoms with Crippen LogP contribution >= 0.6 is 0 Å². The Labute approximate surface area is 121 Å². The predicted molar refractivity (Wildman–Crippen MR) is 74.9 cm³/mol. The van der Waals surface area contributed by atoms with Crippen LogP contribution in [0.15, 0.2) is 23.4 Å². The molecule has 2 heterocycles. The van der Waals surface area contributed by atoms with Gasteiger partial charge in [-0.3, -0.25) is 4.79 Å². The average molecular weight is 291 g/mol. The third kappa shape index (κ3) is 2.35. The van der Waals surface area contributed by atoms with Crippen LogP contribution in [-0.2, 0) is 0 Å². The van der Waals surface area contributed by atoms with E-state index >= 15 is 0 Å². The standard InChI is InChI=1S/C14H17N3O4/c15-13(16-19)10-4-2-6-17(10)14(18)9-3-1-5-11-12(9)21-8-7-20-11/h1,3,5,10,19H,2,4,6-8H2,(H2,15,16). The Morgan fingerprint density at radius 2 is 2.19 bits per heavy atom. The van der Waals surface area contributed by atoms with Gasteiger partial charge in [0.25, 0.3) is 5.91 Å². The first-order valence-corrected chi connectivity index (χ1v) is 6.89. The molecule has 0 saturated carbocycles. The van der Waals surface area contributed by atoms with E-state index in [1.165, 1.54) is 0 Å². The highest BCUT2D eigenvalue weighted by molar-refractivity contribution is 6.01. The van der Waals surface area contributed by atoms with Gasteiger partial charge in [0.1, 0.15) is 13.2 Å². The van der Waals surface area contributed by atoms with E-state index < -0.39 is 0 Å². The molecule has 0 bridgehead atoms. The Bertz CT molecular complexity index is 588. The van der Waals surface area contributed by atoms with Crippen molar-refractivity contribution in [2.75, 3.05) is 19.8 Å². The van der Waals surface area contributed by atoms with Gasteiger partial charge in [0.2, 0.25) is 0 Å². The number of rotatable bonds is 2. The Morgan fingerprint density at radius 1 is 1.38 bits per heavy atom. The summed E-state index contributed by atoms with van der Waals surface area (Å²) in [7, 11) is 0. The van der Waals surface area contributed by atoms with E-state index in [2.05, 4.69) is 5.16 Å². The van der Waals surface area contributed by atoms with E-state index in [1.54, 1.807) is 23.1 Å². The minimum atomic E-state index is -0.372. The van der Waals surface area contributed by atoms with E-state index in [-0.39, 0.29) is 17.8 Å². The number of amides is 1. The van der Waals surface area contributed by atoms with Gasteiger partial charge in [0.05, 0.1) is 11.6 Å². The minimum absolute atomic E-state index is 0.0582.